The van der Waals surface area contributed by atoms with Crippen molar-refractivity contribution in [3.63, 3.8) is 0 Å². The van der Waals surface area contributed by atoms with Crippen molar-refractivity contribution >= 4 is 29.1 Å². The van der Waals surface area contributed by atoms with E-state index in [1.165, 1.54) is 12.1 Å². The van der Waals surface area contributed by atoms with E-state index in [0.29, 0.717) is 26.2 Å². The molecule has 2 aliphatic rings. The lowest BCUT2D eigenvalue weighted by Gasteiger charge is -2.60. The monoisotopic (exact) mass is 450 g/mol. The zero-order valence-corrected chi connectivity index (χ0v) is 17.3. The maximum Gasteiger partial charge on any atom is 0.410 e. The zero-order chi connectivity index (χ0) is 22.3. The normalized spacial score (nSPS) is 19.2. The minimum absolute atomic E-state index is 0.0394. The molecule has 11 heteroatoms. The number of benzene rings is 1. The summed E-state index contributed by atoms with van der Waals surface area (Å²) >= 11 is 5.76. The molecule has 0 radical (unpaired) electrons. The highest BCUT2D eigenvalue weighted by Gasteiger charge is 2.53. The maximum absolute atomic E-state index is 13.3. The van der Waals surface area contributed by atoms with Crippen LogP contribution in [0.15, 0.2) is 18.2 Å². The number of anilines is 1. The number of hydrogen-bond donors (Lipinski definition) is 2. The van der Waals surface area contributed by atoms with Crippen LogP contribution in [-0.2, 0) is 9.59 Å². The summed E-state index contributed by atoms with van der Waals surface area (Å²) in [6.07, 6.45) is -4.52. The van der Waals surface area contributed by atoms with Crippen LogP contribution >= 0.6 is 11.6 Å². The van der Waals surface area contributed by atoms with Gasteiger partial charge in [-0.25, -0.2) is 4.39 Å². The van der Waals surface area contributed by atoms with Crippen LogP contribution in [-0.4, -0.2) is 72.6 Å². The van der Waals surface area contributed by atoms with Gasteiger partial charge >= 0.3 is 6.18 Å². The van der Waals surface area contributed by atoms with Gasteiger partial charge in [0.05, 0.1) is 13.1 Å². The molecule has 0 atom stereocenters. The van der Waals surface area contributed by atoms with Crippen molar-refractivity contribution < 1.29 is 27.2 Å². The third kappa shape index (κ3) is 5.22. The summed E-state index contributed by atoms with van der Waals surface area (Å²) in [5.41, 5.74) is -2.04. The summed E-state index contributed by atoms with van der Waals surface area (Å²) in [4.78, 5) is 27.7. The number of halogens is 5. The van der Waals surface area contributed by atoms with E-state index in [4.69, 9.17) is 11.6 Å². The Morgan fingerprint density at radius 2 is 1.57 bits per heavy atom. The van der Waals surface area contributed by atoms with E-state index in [2.05, 4.69) is 5.32 Å². The average Bonchev–Trinajstić information content (AvgIpc) is 2.47. The number of nitrogens with one attached hydrogen (secondary N) is 2. The van der Waals surface area contributed by atoms with Crippen molar-refractivity contribution in [2.45, 2.75) is 25.6 Å². The van der Waals surface area contributed by atoms with E-state index in [-0.39, 0.29) is 35.1 Å². The second kappa shape index (κ2) is 7.97. The van der Waals surface area contributed by atoms with Gasteiger partial charge in [0.25, 0.3) is 0 Å². The van der Waals surface area contributed by atoms with Crippen LogP contribution in [0.2, 0.25) is 5.02 Å². The molecule has 0 aromatic heterocycles. The molecule has 0 unspecified atom stereocenters. The molecular formula is C19H23ClF4N4O2. The molecule has 2 aliphatic heterocycles. The Kier molecular flexibility index (Phi) is 6.05. The Hall–Kier alpha value is -1.91. The van der Waals surface area contributed by atoms with Gasteiger partial charge in [-0.05, 0) is 32.0 Å². The molecule has 6 nitrogen and oxygen atoms in total. The standard InChI is InChI=1S/C19H23ClF4N4O2/c1-17(2,19(22,23)24)26-16(30)7-28-10-18(11-28)8-27(9-18)6-15(29)25-14-4-12(20)3-13(21)5-14/h3-5H,6-11H2,1-2H3,(H,25,29)(H,26,30). The molecule has 2 N–H and O–H groups in total. The topological polar surface area (TPSA) is 64.7 Å². The number of hydrogen-bond acceptors (Lipinski definition) is 4. The third-order valence-corrected chi connectivity index (χ3v) is 5.50. The number of nitrogens with zero attached hydrogens (tertiary/aromatic N) is 2. The van der Waals surface area contributed by atoms with Crippen LogP contribution in [0.4, 0.5) is 23.2 Å². The highest BCUT2D eigenvalue weighted by Crippen LogP contribution is 2.39. The summed E-state index contributed by atoms with van der Waals surface area (Å²) in [5.74, 6) is -1.51. The van der Waals surface area contributed by atoms with Crippen molar-refractivity contribution in [3.8, 4) is 0 Å². The quantitative estimate of drug-likeness (QED) is 0.654. The second-order valence-electron chi connectivity index (χ2n) is 8.67. The lowest BCUT2D eigenvalue weighted by atomic mass is 9.73. The molecule has 30 heavy (non-hydrogen) atoms. The van der Waals surface area contributed by atoms with Crippen LogP contribution in [0.1, 0.15) is 13.8 Å². The van der Waals surface area contributed by atoms with Gasteiger partial charge in [-0.1, -0.05) is 11.6 Å². The lowest BCUT2D eigenvalue weighted by molar-refractivity contribution is -0.189. The molecule has 2 fully saturated rings. The van der Waals surface area contributed by atoms with Crippen molar-refractivity contribution in [3.05, 3.63) is 29.0 Å². The first-order valence-corrected chi connectivity index (χ1v) is 9.73. The van der Waals surface area contributed by atoms with E-state index in [0.717, 1.165) is 19.9 Å². The first-order valence-electron chi connectivity index (χ1n) is 9.35. The van der Waals surface area contributed by atoms with Gasteiger partial charge in [-0.2, -0.15) is 13.2 Å². The number of alkyl halides is 3. The fraction of sp³-hybridized carbons (Fsp3) is 0.579. The van der Waals surface area contributed by atoms with Gasteiger partial charge in [0.1, 0.15) is 11.4 Å². The molecule has 166 valence electrons. The smallest absolute Gasteiger partial charge is 0.341 e. The Labute approximate surface area is 176 Å². The van der Waals surface area contributed by atoms with Gasteiger partial charge in [-0.15, -0.1) is 0 Å². The number of carbonyl (C=O) groups excluding carboxylic acids is 2. The van der Waals surface area contributed by atoms with Crippen molar-refractivity contribution in [2.24, 2.45) is 5.41 Å². The van der Waals surface area contributed by atoms with E-state index in [9.17, 15) is 27.2 Å². The van der Waals surface area contributed by atoms with Gasteiger partial charge in [0.2, 0.25) is 11.8 Å². The van der Waals surface area contributed by atoms with Crippen LogP contribution in [0.5, 0.6) is 0 Å². The average molecular weight is 451 g/mol. The Morgan fingerprint density at radius 3 is 2.07 bits per heavy atom. The van der Waals surface area contributed by atoms with Crippen molar-refractivity contribution in [2.75, 3.05) is 44.6 Å². The Bertz CT molecular complexity index is 812. The van der Waals surface area contributed by atoms with Crippen LogP contribution in [0, 0.1) is 11.2 Å². The number of amides is 2. The number of carbonyl (C=O) groups is 2. The maximum atomic E-state index is 13.3. The Balaban J connectivity index is 1.37. The molecule has 2 amide bonds. The van der Waals surface area contributed by atoms with Crippen LogP contribution in [0.3, 0.4) is 0 Å². The van der Waals surface area contributed by atoms with E-state index < -0.39 is 23.4 Å². The van der Waals surface area contributed by atoms with Crippen molar-refractivity contribution in [1.82, 2.24) is 15.1 Å². The number of rotatable bonds is 6. The highest BCUT2D eigenvalue weighted by atomic mass is 35.5. The fourth-order valence-corrected chi connectivity index (χ4v) is 4.14. The molecule has 0 saturated carbocycles. The molecular weight excluding hydrogens is 428 g/mol. The molecule has 1 aromatic carbocycles. The van der Waals surface area contributed by atoms with Gasteiger partial charge in [0, 0.05) is 42.3 Å². The summed E-state index contributed by atoms with van der Waals surface area (Å²) < 4.78 is 51.9. The van der Waals surface area contributed by atoms with E-state index in [1.807, 2.05) is 10.2 Å². The molecule has 2 saturated heterocycles. The Morgan fingerprint density at radius 1 is 1.03 bits per heavy atom. The highest BCUT2D eigenvalue weighted by molar-refractivity contribution is 6.30. The van der Waals surface area contributed by atoms with Crippen molar-refractivity contribution in [1.29, 1.82) is 0 Å². The summed E-state index contributed by atoms with van der Waals surface area (Å²) in [7, 11) is 0. The molecule has 1 aromatic rings. The number of likely N-dealkylation sites (tertiary alicyclic amines) is 2. The fourth-order valence-electron chi connectivity index (χ4n) is 3.92. The molecule has 3 rings (SSSR count). The largest absolute Gasteiger partial charge is 0.410 e. The predicted molar refractivity (Wildman–Crippen MR) is 104 cm³/mol. The lowest BCUT2D eigenvalue weighted by Crippen LogP contribution is -2.73. The molecule has 0 bridgehead atoms. The minimum atomic E-state index is -4.52. The van der Waals surface area contributed by atoms with E-state index in [1.54, 1.807) is 4.90 Å². The molecule has 1 spiro atoms. The molecule has 0 aliphatic carbocycles. The summed E-state index contributed by atoms with van der Waals surface area (Å²) in [5, 5.41) is 4.80. The second-order valence-corrected chi connectivity index (χ2v) is 9.10. The van der Waals surface area contributed by atoms with Gasteiger partial charge in [0.15, 0.2) is 0 Å². The van der Waals surface area contributed by atoms with Gasteiger partial charge in [-0.3, -0.25) is 19.4 Å². The first kappa shape index (κ1) is 22.8. The van der Waals surface area contributed by atoms with Crippen LogP contribution in [0.25, 0.3) is 0 Å². The molecule has 2 heterocycles. The first-order chi connectivity index (χ1) is 13.8. The SMILES string of the molecule is CC(C)(NC(=O)CN1CC2(CN(CC(=O)Nc3cc(F)cc(Cl)c3)C2)C1)C(F)(F)F. The van der Waals surface area contributed by atoms with E-state index >= 15 is 0 Å². The predicted octanol–water partition coefficient (Wildman–Crippen LogP) is 2.49. The zero-order valence-electron chi connectivity index (χ0n) is 16.6. The van der Waals surface area contributed by atoms with Crippen LogP contribution < -0.4 is 10.6 Å². The minimum Gasteiger partial charge on any atom is -0.341 e. The van der Waals surface area contributed by atoms with Gasteiger partial charge < -0.3 is 10.6 Å². The third-order valence-electron chi connectivity index (χ3n) is 5.28. The summed E-state index contributed by atoms with van der Waals surface area (Å²) in [6, 6.07) is 3.77. The summed E-state index contributed by atoms with van der Waals surface area (Å²) in [6.45, 7) is 4.37.